The first-order chi connectivity index (χ1) is 12.7. The summed E-state index contributed by atoms with van der Waals surface area (Å²) in [5.74, 6) is 0.0996. The minimum Gasteiger partial charge on any atom is -0.378 e. The average molecular weight is 357 g/mol. The third-order valence-corrected chi connectivity index (χ3v) is 5.96. The topological polar surface area (TPSA) is 61.9 Å². The van der Waals surface area contributed by atoms with Crippen molar-refractivity contribution in [3.05, 3.63) is 35.4 Å². The zero-order chi connectivity index (χ0) is 18.0. The highest BCUT2D eigenvalue weighted by Crippen LogP contribution is 2.35. The van der Waals surface area contributed by atoms with Gasteiger partial charge in [-0.1, -0.05) is 0 Å². The number of nitrogens with one attached hydrogen (secondary N) is 1. The molecule has 3 aliphatic rings. The Hall–Kier alpha value is -1.92. The van der Waals surface area contributed by atoms with E-state index in [4.69, 9.17) is 4.74 Å². The average Bonchev–Trinajstić information content (AvgIpc) is 3.15. The molecule has 3 heterocycles. The number of amides is 2. The van der Waals surface area contributed by atoms with Gasteiger partial charge in [0.2, 0.25) is 0 Å². The molecule has 4 rings (SSSR count). The first kappa shape index (κ1) is 17.5. The van der Waals surface area contributed by atoms with Crippen molar-refractivity contribution in [1.82, 2.24) is 15.1 Å². The first-order valence-electron chi connectivity index (χ1n) is 9.64. The van der Waals surface area contributed by atoms with Gasteiger partial charge in [0.15, 0.2) is 0 Å². The molecule has 1 aromatic rings. The highest BCUT2D eigenvalue weighted by Gasteiger charge is 2.39. The number of carbonyl (C=O) groups excluding carboxylic acids is 2. The summed E-state index contributed by atoms with van der Waals surface area (Å²) in [7, 11) is 0. The van der Waals surface area contributed by atoms with E-state index in [1.165, 1.54) is 6.42 Å². The zero-order valence-corrected chi connectivity index (χ0v) is 15.2. The zero-order valence-electron chi connectivity index (χ0n) is 15.2. The predicted octanol–water partition coefficient (Wildman–Crippen LogP) is 1.37. The summed E-state index contributed by atoms with van der Waals surface area (Å²) >= 11 is 0. The molecule has 3 fully saturated rings. The van der Waals surface area contributed by atoms with Crippen LogP contribution in [0, 0.1) is 5.41 Å². The number of benzene rings is 1. The fraction of sp³-hybridized carbons (Fsp3) is 0.600. The van der Waals surface area contributed by atoms with Crippen LogP contribution in [0.2, 0.25) is 0 Å². The van der Waals surface area contributed by atoms with E-state index in [0.29, 0.717) is 37.4 Å². The van der Waals surface area contributed by atoms with Crippen LogP contribution in [0.25, 0.3) is 0 Å². The van der Waals surface area contributed by atoms with Gasteiger partial charge in [0.25, 0.3) is 11.8 Å². The van der Waals surface area contributed by atoms with E-state index in [1.807, 2.05) is 9.80 Å². The fourth-order valence-corrected chi connectivity index (χ4v) is 4.41. The van der Waals surface area contributed by atoms with E-state index in [2.05, 4.69) is 5.32 Å². The SMILES string of the molecule is O=C(c1ccc(C(=O)N2CCC[C@]3(CCNC3)C2)cc1)N1CCOCC1. The third-order valence-electron chi connectivity index (χ3n) is 5.96. The molecule has 0 bridgehead atoms. The summed E-state index contributed by atoms with van der Waals surface area (Å²) in [6.07, 6.45) is 3.43. The molecule has 0 aliphatic carbocycles. The quantitative estimate of drug-likeness (QED) is 0.869. The van der Waals surface area contributed by atoms with E-state index >= 15 is 0 Å². The van der Waals surface area contributed by atoms with Gasteiger partial charge < -0.3 is 19.9 Å². The Labute approximate surface area is 154 Å². The van der Waals surface area contributed by atoms with Crippen LogP contribution in [0.1, 0.15) is 40.0 Å². The smallest absolute Gasteiger partial charge is 0.254 e. The Morgan fingerprint density at radius 3 is 2.19 bits per heavy atom. The minimum atomic E-state index is 0.0151. The maximum Gasteiger partial charge on any atom is 0.254 e. The van der Waals surface area contributed by atoms with Crippen molar-refractivity contribution in [3.8, 4) is 0 Å². The molecule has 6 heteroatoms. The van der Waals surface area contributed by atoms with Gasteiger partial charge in [0.1, 0.15) is 0 Å². The number of carbonyl (C=O) groups is 2. The molecule has 1 spiro atoms. The van der Waals surface area contributed by atoms with Gasteiger partial charge in [-0.2, -0.15) is 0 Å². The summed E-state index contributed by atoms with van der Waals surface area (Å²) in [5.41, 5.74) is 1.57. The van der Waals surface area contributed by atoms with Gasteiger partial charge in [-0.15, -0.1) is 0 Å². The standard InChI is InChI=1S/C20H27N3O3/c24-18(22-10-12-26-13-11-22)16-2-4-17(5-3-16)19(25)23-9-1-6-20(15-23)7-8-21-14-20/h2-5,21H,1,6-15H2/t20-/m1/s1. The second-order valence-electron chi connectivity index (χ2n) is 7.74. The van der Waals surface area contributed by atoms with E-state index in [9.17, 15) is 9.59 Å². The van der Waals surface area contributed by atoms with Crippen molar-refractivity contribution < 1.29 is 14.3 Å². The number of morpholine rings is 1. The van der Waals surface area contributed by atoms with Crippen molar-refractivity contribution in [3.63, 3.8) is 0 Å². The van der Waals surface area contributed by atoms with Crippen LogP contribution in [0.5, 0.6) is 0 Å². The van der Waals surface area contributed by atoms with Crippen LogP contribution in [-0.4, -0.2) is 74.1 Å². The molecule has 1 atom stereocenters. The maximum absolute atomic E-state index is 12.9. The molecule has 0 aromatic heterocycles. The van der Waals surface area contributed by atoms with Gasteiger partial charge >= 0.3 is 0 Å². The Kier molecular flexibility index (Phi) is 4.96. The van der Waals surface area contributed by atoms with E-state index in [-0.39, 0.29) is 17.2 Å². The Morgan fingerprint density at radius 2 is 1.58 bits per heavy atom. The van der Waals surface area contributed by atoms with E-state index < -0.39 is 0 Å². The normalized spacial score (nSPS) is 26.3. The molecule has 0 saturated carbocycles. The lowest BCUT2D eigenvalue weighted by molar-refractivity contribution is 0.0302. The monoisotopic (exact) mass is 357 g/mol. The van der Waals surface area contributed by atoms with Gasteiger partial charge in [-0.3, -0.25) is 9.59 Å². The van der Waals surface area contributed by atoms with Gasteiger partial charge in [0.05, 0.1) is 13.2 Å². The molecule has 26 heavy (non-hydrogen) atoms. The van der Waals surface area contributed by atoms with Crippen LogP contribution in [0.3, 0.4) is 0 Å². The minimum absolute atomic E-state index is 0.0151. The predicted molar refractivity (Wildman–Crippen MR) is 98.2 cm³/mol. The summed E-state index contributed by atoms with van der Waals surface area (Å²) < 4.78 is 5.29. The number of hydrogen-bond acceptors (Lipinski definition) is 4. The largest absolute Gasteiger partial charge is 0.378 e. The summed E-state index contributed by atoms with van der Waals surface area (Å²) in [4.78, 5) is 29.2. The summed E-state index contributed by atoms with van der Waals surface area (Å²) in [6.45, 7) is 6.18. The maximum atomic E-state index is 12.9. The van der Waals surface area contributed by atoms with Crippen molar-refractivity contribution in [2.75, 3.05) is 52.5 Å². The Balaban J connectivity index is 1.42. The van der Waals surface area contributed by atoms with Crippen LogP contribution < -0.4 is 5.32 Å². The second-order valence-corrected chi connectivity index (χ2v) is 7.74. The van der Waals surface area contributed by atoms with Gasteiger partial charge in [0, 0.05) is 49.3 Å². The van der Waals surface area contributed by atoms with Crippen molar-refractivity contribution in [2.45, 2.75) is 19.3 Å². The van der Waals surface area contributed by atoms with Gasteiger partial charge in [-0.05, 0) is 50.1 Å². The van der Waals surface area contributed by atoms with Crippen molar-refractivity contribution in [2.24, 2.45) is 5.41 Å². The Bertz CT molecular complexity index is 661. The molecule has 3 aliphatic heterocycles. The van der Waals surface area contributed by atoms with E-state index in [1.54, 1.807) is 24.3 Å². The first-order valence-corrected chi connectivity index (χ1v) is 9.64. The molecule has 3 saturated heterocycles. The molecule has 2 amide bonds. The highest BCUT2D eigenvalue weighted by atomic mass is 16.5. The number of piperidine rings is 1. The Morgan fingerprint density at radius 1 is 0.923 bits per heavy atom. The molecule has 1 N–H and O–H groups in total. The number of nitrogens with zero attached hydrogens (tertiary/aromatic N) is 2. The number of rotatable bonds is 2. The molecule has 0 unspecified atom stereocenters. The molecule has 1 aromatic carbocycles. The molecular formula is C20H27N3O3. The van der Waals surface area contributed by atoms with E-state index in [0.717, 1.165) is 39.0 Å². The van der Waals surface area contributed by atoms with Gasteiger partial charge in [-0.25, -0.2) is 0 Å². The molecule has 0 radical (unpaired) electrons. The molecule has 6 nitrogen and oxygen atoms in total. The van der Waals surface area contributed by atoms with Crippen LogP contribution >= 0.6 is 0 Å². The number of hydrogen-bond donors (Lipinski definition) is 1. The van der Waals surface area contributed by atoms with Crippen molar-refractivity contribution >= 4 is 11.8 Å². The molecular weight excluding hydrogens is 330 g/mol. The lowest BCUT2D eigenvalue weighted by Crippen LogP contribution is -2.47. The molecule has 140 valence electrons. The third kappa shape index (κ3) is 3.48. The van der Waals surface area contributed by atoms with Crippen LogP contribution in [0.15, 0.2) is 24.3 Å². The fourth-order valence-electron chi connectivity index (χ4n) is 4.41. The van der Waals surface area contributed by atoms with Crippen LogP contribution in [-0.2, 0) is 4.74 Å². The van der Waals surface area contributed by atoms with Crippen molar-refractivity contribution in [1.29, 1.82) is 0 Å². The summed E-state index contributed by atoms with van der Waals surface area (Å²) in [6, 6.07) is 7.15. The lowest BCUT2D eigenvalue weighted by Gasteiger charge is -2.40. The number of likely N-dealkylation sites (tertiary alicyclic amines) is 1. The second kappa shape index (κ2) is 7.37. The van der Waals surface area contributed by atoms with Crippen LogP contribution in [0.4, 0.5) is 0 Å². The summed E-state index contributed by atoms with van der Waals surface area (Å²) in [5, 5.41) is 3.44. The highest BCUT2D eigenvalue weighted by molar-refractivity contribution is 5.98. The lowest BCUT2D eigenvalue weighted by atomic mass is 9.79. The number of ether oxygens (including phenoxy) is 1.